The van der Waals surface area contributed by atoms with Crippen molar-refractivity contribution >= 4 is 17.1 Å². The number of nitrogen functional groups attached to an aromatic ring is 1. The summed E-state index contributed by atoms with van der Waals surface area (Å²) in [4.78, 5) is 22.3. The van der Waals surface area contributed by atoms with E-state index in [4.69, 9.17) is 19.9 Å². The topological polar surface area (TPSA) is 138 Å². The minimum absolute atomic E-state index is 0.0325. The van der Waals surface area contributed by atoms with Crippen LogP contribution in [0.1, 0.15) is 20.1 Å². The van der Waals surface area contributed by atoms with Crippen LogP contribution in [0.3, 0.4) is 0 Å². The molecule has 0 bridgehead atoms. The first-order valence-corrected chi connectivity index (χ1v) is 7.23. The summed E-state index contributed by atoms with van der Waals surface area (Å²) in [6.45, 7) is 3.85. The second kappa shape index (κ2) is 4.74. The smallest absolute Gasteiger partial charge is 0.280 e. The predicted molar refractivity (Wildman–Crippen MR) is 77.4 cm³/mol. The number of hydrogen-bond acceptors (Lipinski definition) is 8. The first-order chi connectivity index (χ1) is 10.9. The number of nitrogens with zero attached hydrogens (tertiary/aromatic N) is 3. The van der Waals surface area contributed by atoms with Crippen molar-refractivity contribution in [2.45, 2.75) is 44.2 Å². The lowest BCUT2D eigenvalue weighted by Gasteiger charge is -2.37. The Morgan fingerprint density at radius 2 is 2.30 bits per heavy atom. The van der Waals surface area contributed by atoms with Gasteiger partial charge >= 0.3 is 0 Å². The number of anilines is 1. The molecule has 0 unspecified atom stereocenters. The number of nitrogens with two attached hydrogens (primary N) is 1. The molecular formula is C13H17N5O5. The number of aliphatic hydroxyl groups excluding tert-OH is 1. The molecule has 0 saturated carbocycles. The molecule has 124 valence electrons. The number of H-pyrrole nitrogens is 1. The molecule has 2 aliphatic heterocycles. The fraction of sp³-hybridized carbons (Fsp3) is 0.615. The molecule has 0 spiro atoms. The molecule has 23 heavy (non-hydrogen) atoms. The molecule has 2 saturated heterocycles. The summed E-state index contributed by atoms with van der Waals surface area (Å²) in [7, 11) is 0. The van der Waals surface area contributed by atoms with Crippen LogP contribution in [0.25, 0.3) is 11.2 Å². The molecule has 0 aliphatic carbocycles. The van der Waals surface area contributed by atoms with Crippen LogP contribution in [0, 0.1) is 0 Å². The van der Waals surface area contributed by atoms with E-state index >= 15 is 0 Å². The van der Waals surface area contributed by atoms with Crippen LogP contribution in [0.15, 0.2) is 11.1 Å². The first kappa shape index (κ1) is 14.6. The van der Waals surface area contributed by atoms with Gasteiger partial charge in [0.25, 0.3) is 5.56 Å². The lowest BCUT2D eigenvalue weighted by molar-refractivity contribution is -0.300. The summed E-state index contributed by atoms with van der Waals surface area (Å²) >= 11 is 0. The maximum Gasteiger partial charge on any atom is 0.280 e. The van der Waals surface area contributed by atoms with Gasteiger partial charge in [-0.25, -0.2) is 4.98 Å². The van der Waals surface area contributed by atoms with Crippen LogP contribution >= 0.6 is 0 Å². The van der Waals surface area contributed by atoms with Gasteiger partial charge in [0.15, 0.2) is 23.2 Å². The predicted octanol–water partition coefficient (Wildman–Crippen LogP) is -0.888. The normalized spacial score (nSPS) is 33.0. The molecule has 4 N–H and O–H groups in total. The Hall–Kier alpha value is -2.01. The van der Waals surface area contributed by atoms with E-state index in [0.717, 1.165) is 0 Å². The van der Waals surface area contributed by atoms with Gasteiger partial charge in [-0.15, -0.1) is 0 Å². The Labute approximate surface area is 130 Å². The van der Waals surface area contributed by atoms with E-state index < -0.39 is 35.9 Å². The minimum atomic E-state index is -0.956. The second-order valence-electron chi connectivity index (χ2n) is 6.12. The molecule has 0 radical (unpaired) electrons. The number of aromatic nitrogens is 4. The van der Waals surface area contributed by atoms with Crippen LogP contribution < -0.4 is 11.3 Å². The third kappa shape index (κ3) is 2.22. The van der Waals surface area contributed by atoms with E-state index in [9.17, 15) is 9.90 Å². The van der Waals surface area contributed by atoms with E-state index in [2.05, 4.69) is 15.0 Å². The van der Waals surface area contributed by atoms with E-state index in [1.807, 2.05) is 0 Å². The summed E-state index contributed by atoms with van der Waals surface area (Å²) in [5, 5.41) is 10.6. The van der Waals surface area contributed by atoms with Crippen LogP contribution in [0.5, 0.6) is 0 Å². The number of hydrogen-bond donors (Lipinski definition) is 3. The number of fused-ring (bicyclic) bond motifs is 2. The Kier molecular flexibility index (Phi) is 3.00. The standard InChI is InChI=1S/C13H17N5O5/c1-13(2)21-3-5-8(23-13)7(19)11(22-5)18-4-15-6-9(18)16-12(14)17-10(6)20/h4-5,7-8,11,19H,3H2,1-2H3,(H3,14,16,17,20)/t5-,7+,8-,11-/m1/s1. The molecule has 2 aromatic rings. The fourth-order valence-electron chi connectivity index (χ4n) is 3.00. The average molecular weight is 323 g/mol. The number of imidazole rings is 1. The quantitative estimate of drug-likeness (QED) is 0.614. The Morgan fingerprint density at radius 1 is 1.52 bits per heavy atom. The van der Waals surface area contributed by atoms with Crippen molar-refractivity contribution < 1.29 is 19.3 Å². The molecule has 0 aromatic carbocycles. The van der Waals surface area contributed by atoms with Crippen molar-refractivity contribution in [1.82, 2.24) is 19.5 Å². The molecule has 0 amide bonds. The highest BCUT2D eigenvalue weighted by atomic mass is 16.7. The molecule has 4 rings (SSSR count). The monoisotopic (exact) mass is 323 g/mol. The van der Waals surface area contributed by atoms with Crippen molar-refractivity contribution in [3.05, 3.63) is 16.7 Å². The summed E-state index contributed by atoms with van der Waals surface area (Å²) in [5.41, 5.74) is 5.51. The molecule has 2 aromatic heterocycles. The van der Waals surface area contributed by atoms with Gasteiger partial charge < -0.3 is 25.1 Å². The van der Waals surface area contributed by atoms with Crippen LogP contribution in [-0.4, -0.2) is 55.3 Å². The zero-order valence-electron chi connectivity index (χ0n) is 12.6. The highest BCUT2D eigenvalue weighted by Gasteiger charge is 2.51. The van der Waals surface area contributed by atoms with E-state index in [1.165, 1.54) is 10.9 Å². The fourth-order valence-corrected chi connectivity index (χ4v) is 3.00. The van der Waals surface area contributed by atoms with Gasteiger partial charge in [0, 0.05) is 0 Å². The summed E-state index contributed by atoms with van der Waals surface area (Å²) < 4.78 is 18.6. The van der Waals surface area contributed by atoms with E-state index in [-0.39, 0.29) is 17.1 Å². The van der Waals surface area contributed by atoms with Gasteiger partial charge in [-0.05, 0) is 13.8 Å². The lowest BCUT2D eigenvalue weighted by atomic mass is 10.1. The SMILES string of the molecule is CC1(C)OC[C@H]2O[C@@H](n3cnc4c(=O)[nH]c(N)nc43)[C@@H](O)[C@@H]2O1. The van der Waals surface area contributed by atoms with Crippen molar-refractivity contribution in [1.29, 1.82) is 0 Å². The maximum atomic E-state index is 11.8. The van der Waals surface area contributed by atoms with Crippen LogP contribution in [-0.2, 0) is 14.2 Å². The van der Waals surface area contributed by atoms with Gasteiger partial charge in [0.1, 0.15) is 18.3 Å². The zero-order valence-corrected chi connectivity index (χ0v) is 12.6. The van der Waals surface area contributed by atoms with Gasteiger partial charge in [-0.3, -0.25) is 14.3 Å². The van der Waals surface area contributed by atoms with E-state index in [0.29, 0.717) is 6.61 Å². The van der Waals surface area contributed by atoms with E-state index in [1.54, 1.807) is 13.8 Å². The van der Waals surface area contributed by atoms with Crippen LogP contribution in [0.2, 0.25) is 0 Å². The summed E-state index contributed by atoms with van der Waals surface area (Å²) in [6, 6.07) is 0. The molecular weight excluding hydrogens is 306 g/mol. The maximum absolute atomic E-state index is 11.8. The Bertz CT molecular complexity index is 815. The second-order valence-corrected chi connectivity index (χ2v) is 6.12. The summed E-state index contributed by atoms with van der Waals surface area (Å²) in [6.07, 6.45) is -1.31. The zero-order chi connectivity index (χ0) is 16.4. The van der Waals surface area contributed by atoms with Crippen LogP contribution in [0.4, 0.5) is 5.95 Å². The van der Waals surface area contributed by atoms with Gasteiger partial charge in [-0.1, -0.05) is 0 Å². The number of ether oxygens (including phenoxy) is 3. The van der Waals surface area contributed by atoms with Crippen molar-refractivity contribution in [3.63, 3.8) is 0 Å². The lowest BCUT2D eigenvalue weighted by Crippen LogP contribution is -2.50. The number of nitrogens with one attached hydrogen (secondary N) is 1. The summed E-state index contributed by atoms with van der Waals surface area (Å²) in [5.74, 6) is -0.827. The average Bonchev–Trinajstić information content (AvgIpc) is 3.00. The highest BCUT2D eigenvalue weighted by Crippen LogP contribution is 2.38. The molecule has 10 heteroatoms. The Morgan fingerprint density at radius 3 is 3.09 bits per heavy atom. The van der Waals surface area contributed by atoms with Gasteiger partial charge in [0.05, 0.1) is 12.9 Å². The number of aliphatic hydroxyl groups is 1. The molecule has 4 heterocycles. The largest absolute Gasteiger partial charge is 0.386 e. The molecule has 10 nitrogen and oxygen atoms in total. The van der Waals surface area contributed by atoms with Gasteiger partial charge in [0.2, 0.25) is 5.95 Å². The Balaban J connectivity index is 1.73. The third-order valence-electron chi connectivity index (χ3n) is 4.05. The highest BCUT2D eigenvalue weighted by molar-refractivity contribution is 5.70. The molecule has 4 atom stereocenters. The number of rotatable bonds is 1. The minimum Gasteiger partial charge on any atom is -0.386 e. The third-order valence-corrected chi connectivity index (χ3v) is 4.05. The number of aromatic amines is 1. The van der Waals surface area contributed by atoms with Gasteiger partial charge in [-0.2, -0.15) is 4.98 Å². The van der Waals surface area contributed by atoms with Crippen molar-refractivity contribution in [3.8, 4) is 0 Å². The molecule has 2 fully saturated rings. The molecule has 2 aliphatic rings. The van der Waals surface area contributed by atoms with Crippen molar-refractivity contribution in [2.24, 2.45) is 0 Å². The first-order valence-electron chi connectivity index (χ1n) is 7.23. The van der Waals surface area contributed by atoms with Crippen molar-refractivity contribution in [2.75, 3.05) is 12.3 Å².